The molecule has 1 N–H and O–H groups in total. The Morgan fingerprint density at radius 2 is 1.81 bits per heavy atom. The van der Waals surface area contributed by atoms with Crippen molar-refractivity contribution in [3.05, 3.63) is 35.9 Å². The van der Waals surface area contributed by atoms with E-state index in [1.165, 1.54) is 5.56 Å². The second kappa shape index (κ2) is 7.13. The molecule has 16 heavy (non-hydrogen) atoms. The zero-order chi connectivity index (χ0) is 11.3. The average Bonchev–Trinajstić information content (AvgIpc) is 2.17. The Hall–Kier alpha value is -0.280. The Bertz CT molecular complexity index is 290. The minimum absolute atomic E-state index is 0. The number of halogens is 2. The number of hydrogen-bond donors (Lipinski definition) is 1. The molecule has 0 saturated heterocycles. The molecule has 0 amide bonds. The summed E-state index contributed by atoms with van der Waals surface area (Å²) >= 11 is 5.60. The summed E-state index contributed by atoms with van der Waals surface area (Å²) in [5.74, 6) is 0.302. The van der Waals surface area contributed by atoms with Crippen molar-refractivity contribution in [3.63, 3.8) is 0 Å². The molecule has 1 unspecified atom stereocenters. The van der Waals surface area contributed by atoms with E-state index < -0.39 is 6.10 Å². The molecule has 0 saturated carbocycles. The summed E-state index contributed by atoms with van der Waals surface area (Å²) in [5, 5.41) is 9.52. The van der Waals surface area contributed by atoms with Crippen molar-refractivity contribution >= 4 is 11.6 Å². The van der Waals surface area contributed by atoms with Crippen LogP contribution in [0.1, 0.15) is 5.56 Å². The molecule has 0 radical (unpaired) electrons. The highest BCUT2D eigenvalue weighted by molar-refractivity contribution is 6.18. The van der Waals surface area contributed by atoms with Gasteiger partial charge in [-0.3, -0.25) is 0 Å². The van der Waals surface area contributed by atoms with Gasteiger partial charge in [0.1, 0.15) is 19.2 Å². The molecule has 0 bridgehead atoms. The van der Waals surface area contributed by atoms with Gasteiger partial charge in [-0.05, 0) is 0 Å². The number of nitrogens with zero attached hydrogens (tertiary/aromatic N) is 1. The van der Waals surface area contributed by atoms with Gasteiger partial charge in [-0.15, -0.1) is 11.6 Å². The topological polar surface area (TPSA) is 20.2 Å². The van der Waals surface area contributed by atoms with E-state index in [0.717, 1.165) is 11.0 Å². The number of quaternary nitrogens is 1. The standard InChI is InChI=1S/C12H19ClNO.ClH/c1-14(2,10-12(15)8-13)9-11-6-4-3-5-7-11;/h3-7,12,15H,8-10H2,1-2H3;1H/q+1;/p-1. The van der Waals surface area contributed by atoms with Crippen molar-refractivity contribution in [3.8, 4) is 0 Å². The van der Waals surface area contributed by atoms with E-state index >= 15 is 0 Å². The van der Waals surface area contributed by atoms with Crippen molar-refractivity contribution in [2.45, 2.75) is 12.6 Å². The molecular formula is C12H19Cl2NO. The molecule has 92 valence electrons. The van der Waals surface area contributed by atoms with E-state index in [0.29, 0.717) is 12.4 Å². The lowest BCUT2D eigenvalue weighted by atomic mass is 10.2. The van der Waals surface area contributed by atoms with Crippen molar-refractivity contribution in [2.24, 2.45) is 0 Å². The van der Waals surface area contributed by atoms with Crippen LogP contribution in [0, 0.1) is 0 Å². The van der Waals surface area contributed by atoms with Gasteiger partial charge in [0.05, 0.1) is 20.0 Å². The number of aliphatic hydroxyl groups excluding tert-OH is 1. The fraction of sp³-hybridized carbons (Fsp3) is 0.500. The first-order valence-electron chi connectivity index (χ1n) is 5.13. The maximum absolute atomic E-state index is 9.52. The normalized spacial score (nSPS) is 13.0. The minimum atomic E-state index is -0.426. The van der Waals surface area contributed by atoms with Crippen LogP contribution in [0.3, 0.4) is 0 Å². The largest absolute Gasteiger partial charge is 1.00 e. The third kappa shape index (κ3) is 5.71. The first kappa shape index (κ1) is 15.7. The molecule has 0 heterocycles. The molecule has 1 aromatic carbocycles. The number of likely N-dealkylation sites (N-methyl/N-ethyl adjacent to an activating group) is 1. The highest BCUT2D eigenvalue weighted by Gasteiger charge is 2.20. The van der Waals surface area contributed by atoms with Gasteiger partial charge in [-0.25, -0.2) is 0 Å². The zero-order valence-corrected chi connectivity index (χ0v) is 11.2. The van der Waals surface area contributed by atoms with Crippen LogP contribution in [-0.2, 0) is 6.54 Å². The summed E-state index contributed by atoms with van der Waals surface area (Å²) in [6, 6.07) is 10.3. The van der Waals surface area contributed by atoms with E-state index in [-0.39, 0.29) is 12.4 Å². The van der Waals surface area contributed by atoms with Crippen LogP contribution in [-0.4, -0.2) is 42.2 Å². The Morgan fingerprint density at radius 3 is 2.31 bits per heavy atom. The summed E-state index contributed by atoms with van der Waals surface area (Å²) in [6.07, 6.45) is -0.426. The van der Waals surface area contributed by atoms with Gasteiger partial charge in [0, 0.05) is 5.56 Å². The number of rotatable bonds is 5. The lowest BCUT2D eigenvalue weighted by molar-refractivity contribution is -0.906. The van der Waals surface area contributed by atoms with Crippen molar-refractivity contribution in [2.75, 3.05) is 26.5 Å². The summed E-state index contributed by atoms with van der Waals surface area (Å²) in [4.78, 5) is 0. The van der Waals surface area contributed by atoms with Crippen LogP contribution in [0.4, 0.5) is 0 Å². The monoisotopic (exact) mass is 263 g/mol. The molecular weight excluding hydrogens is 245 g/mol. The highest BCUT2D eigenvalue weighted by Crippen LogP contribution is 2.10. The van der Waals surface area contributed by atoms with Gasteiger partial charge < -0.3 is 22.0 Å². The summed E-state index contributed by atoms with van der Waals surface area (Å²) < 4.78 is 0.748. The Morgan fingerprint density at radius 1 is 1.25 bits per heavy atom. The van der Waals surface area contributed by atoms with E-state index in [2.05, 4.69) is 26.2 Å². The molecule has 0 aliphatic rings. The molecule has 2 nitrogen and oxygen atoms in total. The first-order chi connectivity index (χ1) is 7.03. The van der Waals surface area contributed by atoms with Gasteiger partial charge >= 0.3 is 0 Å². The van der Waals surface area contributed by atoms with Gasteiger partial charge in [0.25, 0.3) is 0 Å². The van der Waals surface area contributed by atoms with E-state index in [1.54, 1.807) is 0 Å². The molecule has 0 aliphatic carbocycles. The predicted octanol–water partition coefficient (Wildman–Crippen LogP) is -1.13. The summed E-state index contributed by atoms with van der Waals surface area (Å²) in [5.41, 5.74) is 1.28. The van der Waals surface area contributed by atoms with Gasteiger partial charge in [0.2, 0.25) is 0 Å². The Labute approximate surface area is 109 Å². The van der Waals surface area contributed by atoms with E-state index in [4.69, 9.17) is 11.6 Å². The van der Waals surface area contributed by atoms with Crippen LogP contribution >= 0.6 is 11.6 Å². The smallest absolute Gasteiger partial charge is 0.116 e. The van der Waals surface area contributed by atoms with Crippen LogP contribution in [0.2, 0.25) is 0 Å². The number of benzene rings is 1. The second-order valence-corrected chi connectivity index (χ2v) is 4.88. The lowest BCUT2D eigenvalue weighted by Crippen LogP contribution is -3.00. The maximum Gasteiger partial charge on any atom is 0.116 e. The van der Waals surface area contributed by atoms with Gasteiger partial charge in [-0.1, -0.05) is 30.3 Å². The van der Waals surface area contributed by atoms with Crippen LogP contribution in [0.5, 0.6) is 0 Å². The zero-order valence-electron chi connectivity index (χ0n) is 9.74. The van der Waals surface area contributed by atoms with Crippen LogP contribution < -0.4 is 12.4 Å². The van der Waals surface area contributed by atoms with Gasteiger partial charge in [0.15, 0.2) is 0 Å². The van der Waals surface area contributed by atoms with Crippen molar-refractivity contribution < 1.29 is 22.0 Å². The minimum Gasteiger partial charge on any atom is -1.00 e. The van der Waals surface area contributed by atoms with Crippen molar-refractivity contribution in [1.29, 1.82) is 0 Å². The van der Waals surface area contributed by atoms with E-state index in [9.17, 15) is 5.11 Å². The SMILES string of the molecule is C[N+](C)(Cc1ccccc1)CC(O)CCl.[Cl-]. The average molecular weight is 264 g/mol. The number of hydrogen-bond acceptors (Lipinski definition) is 1. The summed E-state index contributed by atoms with van der Waals surface area (Å²) in [7, 11) is 4.20. The first-order valence-corrected chi connectivity index (χ1v) is 5.67. The Balaban J connectivity index is 0.00000225. The maximum atomic E-state index is 9.52. The third-order valence-corrected chi connectivity index (χ3v) is 2.69. The number of alkyl halides is 1. The lowest BCUT2D eigenvalue weighted by Gasteiger charge is -2.31. The summed E-state index contributed by atoms with van der Waals surface area (Å²) in [6.45, 7) is 1.59. The van der Waals surface area contributed by atoms with Crippen LogP contribution in [0.25, 0.3) is 0 Å². The van der Waals surface area contributed by atoms with Gasteiger partial charge in [-0.2, -0.15) is 0 Å². The molecule has 0 aliphatic heterocycles. The van der Waals surface area contributed by atoms with Crippen LogP contribution in [0.15, 0.2) is 30.3 Å². The molecule has 1 atom stereocenters. The fourth-order valence-electron chi connectivity index (χ4n) is 1.76. The van der Waals surface area contributed by atoms with Crippen molar-refractivity contribution in [1.82, 2.24) is 0 Å². The predicted molar refractivity (Wildman–Crippen MR) is 63.8 cm³/mol. The van der Waals surface area contributed by atoms with E-state index in [1.807, 2.05) is 18.2 Å². The quantitative estimate of drug-likeness (QED) is 0.527. The molecule has 1 rings (SSSR count). The molecule has 4 heteroatoms. The number of aliphatic hydroxyl groups is 1. The second-order valence-electron chi connectivity index (χ2n) is 4.57. The Kier molecular flexibility index (Phi) is 7.00. The third-order valence-electron chi connectivity index (χ3n) is 2.34. The highest BCUT2D eigenvalue weighted by atomic mass is 35.5. The molecule has 0 fully saturated rings. The molecule has 0 aromatic heterocycles. The molecule has 0 spiro atoms. The molecule has 1 aromatic rings. The fourth-order valence-corrected chi connectivity index (χ4v) is 1.86.